The molecule has 1 aliphatic rings. The van der Waals surface area contributed by atoms with Crippen LogP contribution in [0.5, 0.6) is 5.75 Å². The number of hydrogen-bond acceptors (Lipinski definition) is 6. The third-order valence-electron chi connectivity index (χ3n) is 2.58. The molecule has 5 N–H and O–H groups in total. The van der Waals surface area contributed by atoms with E-state index in [1.165, 1.54) is 18.2 Å². The molecule has 0 aromatic heterocycles. The van der Waals surface area contributed by atoms with E-state index in [1.54, 1.807) is 18.2 Å². The Kier molecular flexibility index (Phi) is 4.17. The zero-order chi connectivity index (χ0) is 14.5. The lowest BCUT2D eigenvalue weighted by atomic mass is 10.1. The van der Waals surface area contributed by atoms with Gasteiger partial charge in [-0.1, -0.05) is 0 Å². The third-order valence-corrected chi connectivity index (χ3v) is 2.58. The first-order valence-corrected chi connectivity index (χ1v) is 5.99. The highest BCUT2D eigenvalue weighted by Gasteiger charge is 2.15. The molecule has 1 aliphatic carbocycles. The maximum atomic E-state index is 9.22. The number of nitrogens with two attached hydrogens (primary N) is 1. The minimum Gasteiger partial charge on any atom is -0.508 e. The van der Waals surface area contributed by atoms with E-state index in [0.717, 1.165) is 0 Å². The van der Waals surface area contributed by atoms with Gasteiger partial charge in [0.05, 0.1) is 29.4 Å². The van der Waals surface area contributed by atoms with Gasteiger partial charge in [-0.05, 0) is 30.3 Å². The molecule has 0 heterocycles. The lowest BCUT2D eigenvalue weighted by molar-refractivity contribution is 0.156. The summed E-state index contributed by atoms with van der Waals surface area (Å²) in [6.07, 6.45) is 3.01. The Labute approximate surface area is 116 Å². The van der Waals surface area contributed by atoms with Gasteiger partial charge in [-0.2, -0.15) is 0 Å². The van der Waals surface area contributed by atoms with Crippen LogP contribution in [-0.2, 0) is 4.74 Å². The maximum absolute atomic E-state index is 9.22. The molecule has 0 saturated carbocycles. The molecule has 6 heteroatoms. The van der Waals surface area contributed by atoms with Crippen LogP contribution >= 0.6 is 0 Å². The van der Waals surface area contributed by atoms with Gasteiger partial charge in [0.15, 0.2) is 0 Å². The second-order valence-corrected chi connectivity index (χ2v) is 4.11. The van der Waals surface area contributed by atoms with Crippen LogP contribution in [0.1, 0.15) is 0 Å². The molecule has 0 unspecified atom stereocenters. The first-order chi connectivity index (χ1) is 9.60. The molecular formula is C14H15N3O3. The number of nitrogens with zero attached hydrogens (tertiary/aromatic N) is 1. The quantitative estimate of drug-likeness (QED) is 0.618. The van der Waals surface area contributed by atoms with Crippen molar-refractivity contribution in [2.45, 2.75) is 0 Å². The second-order valence-electron chi connectivity index (χ2n) is 4.11. The number of allylic oxidation sites excluding steroid dienone is 2. The van der Waals surface area contributed by atoms with Crippen LogP contribution in [0.3, 0.4) is 0 Å². The highest BCUT2D eigenvalue weighted by molar-refractivity contribution is 6.22. The fraction of sp³-hybridized carbons (Fsp3) is 0.143. The van der Waals surface area contributed by atoms with E-state index >= 15 is 0 Å². The summed E-state index contributed by atoms with van der Waals surface area (Å²) in [6, 6.07) is 6.35. The predicted molar refractivity (Wildman–Crippen MR) is 76.3 cm³/mol. The van der Waals surface area contributed by atoms with Gasteiger partial charge in [0.2, 0.25) is 0 Å². The molecule has 0 radical (unpaired) electrons. The third kappa shape index (κ3) is 3.24. The van der Waals surface area contributed by atoms with Crippen molar-refractivity contribution in [3.05, 3.63) is 47.9 Å². The van der Waals surface area contributed by atoms with E-state index in [4.69, 9.17) is 21.0 Å². The van der Waals surface area contributed by atoms with Gasteiger partial charge in [-0.3, -0.25) is 5.41 Å². The van der Waals surface area contributed by atoms with Crippen LogP contribution in [0.15, 0.2) is 52.9 Å². The Morgan fingerprint density at radius 2 is 1.90 bits per heavy atom. The van der Waals surface area contributed by atoms with Crippen molar-refractivity contribution in [1.82, 2.24) is 0 Å². The van der Waals surface area contributed by atoms with Gasteiger partial charge in [0.25, 0.3) is 0 Å². The molecule has 0 spiro atoms. The van der Waals surface area contributed by atoms with Crippen LogP contribution in [-0.4, -0.2) is 34.9 Å². The first kappa shape index (κ1) is 13.8. The van der Waals surface area contributed by atoms with Crippen LogP contribution in [0.2, 0.25) is 0 Å². The summed E-state index contributed by atoms with van der Waals surface area (Å²) in [5.41, 5.74) is 7.43. The number of aliphatic imine (C=N–C) groups is 1. The number of phenols is 1. The van der Waals surface area contributed by atoms with Crippen molar-refractivity contribution in [3.63, 3.8) is 0 Å². The van der Waals surface area contributed by atoms with Crippen LogP contribution in [0, 0.1) is 5.41 Å². The Morgan fingerprint density at radius 1 is 1.20 bits per heavy atom. The number of aliphatic hydroxyl groups excluding tert-OH is 1. The highest BCUT2D eigenvalue weighted by atomic mass is 16.5. The summed E-state index contributed by atoms with van der Waals surface area (Å²) < 4.78 is 5.25. The zero-order valence-electron chi connectivity index (χ0n) is 10.7. The van der Waals surface area contributed by atoms with Crippen LogP contribution in [0.25, 0.3) is 0 Å². The lowest BCUT2D eigenvalue weighted by Gasteiger charge is -2.14. The number of aliphatic hydroxyl groups is 1. The largest absolute Gasteiger partial charge is 0.508 e. The molecule has 1 aromatic carbocycles. The Hall–Kier alpha value is -2.60. The monoisotopic (exact) mass is 273 g/mol. The summed E-state index contributed by atoms with van der Waals surface area (Å²) in [6.45, 7) is -0.0251. The molecule has 0 saturated heterocycles. The van der Waals surface area contributed by atoms with Gasteiger partial charge in [0.1, 0.15) is 18.1 Å². The first-order valence-electron chi connectivity index (χ1n) is 5.99. The molecule has 6 nitrogen and oxygen atoms in total. The average molecular weight is 273 g/mol. The summed E-state index contributed by atoms with van der Waals surface area (Å²) in [7, 11) is 0. The van der Waals surface area contributed by atoms with Crippen molar-refractivity contribution in [1.29, 1.82) is 5.41 Å². The SMILES string of the molecule is N=C1C=C(N)/C(=N/c2ccc(O)cc2)C=C1OCCO. The number of ether oxygens (including phenoxy) is 1. The number of aromatic hydroxyl groups is 1. The molecule has 0 fully saturated rings. The number of rotatable bonds is 4. The smallest absolute Gasteiger partial charge is 0.146 e. The predicted octanol–water partition coefficient (Wildman–Crippen LogP) is 1.23. The topological polar surface area (TPSA) is 112 Å². The van der Waals surface area contributed by atoms with E-state index in [1.807, 2.05) is 0 Å². The van der Waals surface area contributed by atoms with Crippen molar-refractivity contribution in [3.8, 4) is 5.75 Å². The summed E-state index contributed by atoms with van der Waals surface area (Å²) in [4.78, 5) is 4.33. The van der Waals surface area contributed by atoms with E-state index in [-0.39, 0.29) is 24.7 Å². The van der Waals surface area contributed by atoms with Crippen molar-refractivity contribution in [2.75, 3.05) is 13.2 Å². The Morgan fingerprint density at radius 3 is 2.55 bits per heavy atom. The van der Waals surface area contributed by atoms with E-state index in [2.05, 4.69) is 4.99 Å². The number of phenolic OH excluding ortho intramolecular Hbond substituents is 1. The Bertz CT molecular complexity index is 601. The molecule has 20 heavy (non-hydrogen) atoms. The van der Waals surface area contributed by atoms with Crippen molar-refractivity contribution < 1.29 is 14.9 Å². The molecule has 104 valence electrons. The van der Waals surface area contributed by atoms with Gasteiger partial charge in [0, 0.05) is 6.08 Å². The summed E-state index contributed by atoms with van der Waals surface area (Å²) in [5.74, 6) is 0.469. The normalized spacial score (nSPS) is 16.9. The standard InChI is InChI=1S/C14H15N3O3/c15-11-7-12(16)14(20-6-5-18)8-13(11)17-9-1-3-10(19)4-2-9/h1-4,7-8,16,18-19H,5-6,15H2/b16-12?,17-13+. The average Bonchev–Trinajstić information content (AvgIpc) is 2.43. The number of hydrogen-bond donors (Lipinski definition) is 4. The van der Waals surface area contributed by atoms with E-state index < -0.39 is 0 Å². The molecular weight excluding hydrogens is 258 g/mol. The summed E-state index contributed by atoms with van der Waals surface area (Å²) >= 11 is 0. The van der Waals surface area contributed by atoms with Crippen LogP contribution in [0.4, 0.5) is 5.69 Å². The number of benzene rings is 1. The lowest BCUT2D eigenvalue weighted by Crippen LogP contribution is -2.20. The van der Waals surface area contributed by atoms with Gasteiger partial charge < -0.3 is 20.7 Å². The highest BCUT2D eigenvalue weighted by Crippen LogP contribution is 2.20. The van der Waals surface area contributed by atoms with Gasteiger partial charge in [-0.25, -0.2) is 4.99 Å². The maximum Gasteiger partial charge on any atom is 0.146 e. The van der Waals surface area contributed by atoms with E-state index in [0.29, 0.717) is 22.9 Å². The molecule has 0 amide bonds. The fourth-order valence-corrected chi connectivity index (χ4v) is 1.62. The molecule has 0 aliphatic heterocycles. The second kappa shape index (κ2) is 6.03. The molecule has 0 atom stereocenters. The number of nitrogens with one attached hydrogen (secondary N) is 1. The van der Waals surface area contributed by atoms with E-state index in [9.17, 15) is 5.11 Å². The van der Waals surface area contributed by atoms with Gasteiger partial charge >= 0.3 is 0 Å². The van der Waals surface area contributed by atoms with Crippen LogP contribution < -0.4 is 5.73 Å². The Balaban J connectivity index is 2.28. The molecule has 1 aromatic rings. The summed E-state index contributed by atoms with van der Waals surface area (Å²) in [5, 5.41) is 25.7. The zero-order valence-corrected chi connectivity index (χ0v) is 10.7. The van der Waals surface area contributed by atoms with Gasteiger partial charge in [-0.15, -0.1) is 0 Å². The van der Waals surface area contributed by atoms with Crippen molar-refractivity contribution in [2.24, 2.45) is 10.7 Å². The minimum absolute atomic E-state index is 0.106. The fourth-order valence-electron chi connectivity index (χ4n) is 1.62. The van der Waals surface area contributed by atoms with Crippen molar-refractivity contribution >= 4 is 17.1 Å². The minimum atomic E-state index is -0.131. The molecule has 0 bridgehead atoms. The molecule has 2 rings (SSSR count).